The van der Waals surface area contributed by atoms with E-state index in [0.29, 0.717) is 41.2 Å². The molecule has 2 aliphatic rings. The van der Waals surface area contributed by atoms with E-state index in [1.54, 1.807) is 18.2 Å². The molecule has 2 aromatic carbocycles. The molecule has 3 aromatic rings. The van der Waals surface area contributed by atoms with Gasteiger partial charge in [-0.05, 0) is 29.8 Å². The maximum Gasteiger partial charge on any atom is 0.229 e. The molecule has 174 valence electrons. The van der Waals surface area contributed by atoms with Crippen molar-refractivity contribution in [3.8, 4) is 28.4 Å². The smallest absolute Gasteiger partial charge is 0.229 e. The van der Waals surface area contributed by atoms with Crippen LogP contribution in [0.3, 0.4) is 0 Å². The van der Waals surface area contributed by atoms with Gasteiger partial charge >= 0.3 is 0 Å². The predicted octanol–water partition coefficient (Wildman–Crippen LogP) is 0.410. The molecule has 33 heavy (non-hydrogen) atoms. The van der Waals surface area contributed by atoms with Gasteiger partial charge in [-0.3, -0.25) is 4.79 Å². The Balaban J connectivity index is 1.42. The van der Waals surface area contributed by atoms with E-state index in [1.165, 1.54) is 24.5 Å². The van der Waals surface area contributed by atoms with Crippen LogP contribution in [-0.4, -0.2) is 71.0 Å². The molecule has 3 heterocycles. The van der Waals surface area contributed by atoms with Gasteiger partial charge in [0.25, 0.3) is 0 Å². The molecular formula is C23H22O10. The molecule has 0 saturated carbocycles. The van der Waals surface area contributed by atoms with Gasteiger partial charge in [-0.2, -0.15) is 0 Å². The summed E-state index contributed by atoms with van der Waals surface area (Å²) >= 11 is 0. The third kappa shape index (κ3) is 3.92. The highest BCUT2D eigenvalue weighted by molar-refractivity contribution is 5.83. The first-order chi connectivity index (χ1) is 16.0. The topological polar surface area (TPSA) is 148 Å². The first-order valence-corrected chi connectivity index (χ1v) is 10.4. The number of benzene rings is 2. The van der Waals surface area contributed by atoms with Crippen LogP contribution in [-0.2, 0) is 4.74 Å². The summed E-state index contributed by atoms with van der Waals surface area (Å²) in [4.78, 5) is 13.1. The number of hydrogen-bond acceptors (Lipinski definition) is 10. The Kier molecular flexibility index (Phi) is 5.69. The monoisotopic (exact) mass is 458 g/mol. The van der Waals surface area contributed by atoms with E-state index in [9.17, 15) is 25.2 Å². The van der Waals surface area contributed by atoms with Crippen LogP contribution in [0.1, 0.15) is 0 Å². The van der Waals surface area contributed by atoms with Crippen molar-refractivity contribution < 1.29 is 43.8 Å². The van der Waals surface area contributed by atoms with Gasteiger partial charge in [0.15, 0.2) is 16.9 Å². The van der Waals surface area contributed by atoms with Crippen LogP contribution in [0, 0.1) is 0 Å². The van der Waals surface area contributed by atoms with Gasteiger partial charge in [0.05, 0.1) is 17.6 Å². The zero-order chi connectivity index (χ0) is 23.1. The number of hydrogen-bond donors (Lipinski definition) is 4. The summed E-state index contributed by atoms with van der Waals surface area (Å²) in [7, 11) is 0. The van der Waals surface area contributed by atoms with Crippen molar-refractivity contribution in [1.82, 2.24) is 0 Å². The third-order valence-corrected chi connectivity index (χ3v) is 5.70. The first-order valence-electron chi connectivity index (χ1n) is 10.4. The molecule has 0 aliphatic carbocycles. The Morgan fingerprint density at radius 1 is 0.939 bits per heavy atom. The molecule has 10 heteroatoms. The second-order valence-electron chi connectivity index (χ2n) is 7.81. The molecule has 2 aliphatic heterocycles. The van der Waals surface area contributed by atoms with Crippen molar-refractivity contribution in [2.75, 3.05) is 19.8 Å². The fourth-order valence-corrected chi connectivity index (χ4v) is 3.89. The highest BCUT2D eigenvalue weighted by Crippen LogP contribution is 2.34. The van der Waals surface area contributed by atoms with Gasteiger partial charge in [0.2, 0.25) is 6.29 Å². The van der Waals surface area contributed by atoms with E-state index in [4.69, 9.17) is 23.4 Å². The van der Waals surface area contributed by atoms with Crippen molar-refractivity contribution in [3.05, 3.63) is 52.9 Å². The third-order valence-electron chi connectivity index (χ3n) is 5.70. The van der Waals surface area contributed by atoms with E-state index in [-0.39, 0.29) is 16.8 Å². The van der Waals surface area contributed by atoms with Crippen LogP contribution in [0.5, 0.6) is 17.2 Å². The maximum atomic E-state index is 13.1. The van der Waals surface area contributed by atoms with Crippen LogP contribution in [0.2, 0.25) is 0 Å². The number of ether oxygens (including phenoxy) is 4. The highest BCUT2D eigenvalue weighted by Gasteiger charge is 2.44. The lowest BCUT2D eigenvalue weighted by atomic mass is 9.99. The fourth-order valence-electron chi connectivity index (χ4n) is 3.89. The van der Waals surface area contributed by atoms with E-state index < -0.39 is 37.3 Å². The largest absolute Gasteiger partial charge is 0.486 e. The SMILES string of the molecule is O=c1c(-c2ccc3c(c2)OCCO3)coc2cc(O[C@H]3O[C@@H](CO)[C@@H](O)[C@H](O)[C@@H]3O)ccc12. The van der Waals surface area contributed by atoms with Crippen LogP contribution in [0.15, 0.2) is 51.9 Å². The zero-order valence-corrected chi connectivity index (χ0v) is 17.3. The highest BCUT2D eigenvalue weighted by atomic mass is 16.7. The van der Waals surface area contributed by atoms with Crippen molar-refractivity contribution in [2.45, 2.75) is 30.7 Å². The Labute approximate surface area is 187 Å². The molecule has 1 aromatic heterocycles. The maximum absolute atomic E-state index is 13.1. The average molecular weight is 458 g/mol. The molecule has 1 saturated heterocycles. The molecule has 5 atom stereocenters. The van der Waals surface area contributed by atoms with E-state index in [2.05, 4.69) is 0 Å². The Hall–Kier alpha value is -3.15. The summed E-state index contributed by atoms with van der Waals surface area (Å²) < 4.78 is 27.7. The molecule has 5 rings (SSSR count). The van der Waals surface area contributed by atoms with Crippen molar-refractivity contribution in [2.24, 2.45) is 0 Å². The summed E-state index contributed by atoms with van der Waals surface area (Å²) in [5.41, 5.74) is 0.953. The Morgan fingerprint density at radius 2 is 1.73 bits per heavy atom. The second-order valence-corrected chi connectivity index (χ2v) is 7.81. The molecular weight excluding hydrogens is 436 g/mol. The van der Waals surface area contributed by atoms with E-state index in [0.717, 1.165) is 0 Å². The van der Waals surface area contributed by atoms with Gasteiger partial charge in [-0.1, -0.05) is 6.07 Å². The number of fused-ring (bicyclic) bond motifs is 2. The van der Waals surface area contributed by atoms with Crippen molar-refractivity contribution >= 4 is 11.0 Å². The Morgan fingerprint density at radius 3 is 2.52 bits per heavy atom. The van der Waals surface area contributed by atoms with Gasteiger partial charge in [0, 0.05) is 6.07 Å². The molecule has 0 unspecified atom stereocenters. The quantitative estimate of drug-likeness (QED) is 0.433. The lowest BCUT2D eigenvalue weighted by molar-refractivity contribution is -0.277. The summed E-state index contributed by atoms with van der Waals surface area (Å²) in [5.74, 6) is 1.37. The summed E-state index contributed by atoms with van der Waals surface area (Å²) in [5, 5.41) is 39.6. The lowest BCUT2D eigenvalue weighted by Crippen LogP contribution is -2.60. The number of aliphatic hydroxyl groups is 4. The summed E-state index contributed by atoms with van der Waals surface area (Å²) in [6.07, 6.45) is -5.70. The molecule has 4 N–H and O–H groups in total. The van der Waals surface area contributed by atoms with Gasteiger partial charge in [-0.25, -0.2) is 0 Å². The minimum Gasteiger partial charge on any atom is -0.486 e. The number of aliphatic hydroxyl groups excluding tert-OH is 4. The second kappa shape index (κ2) is 8.65. The van der Waals surface area contributed by atoms with Gasteiger partial charge in [-0.15, -0.1) is 0 Å². The zero-order valence-electron chi connectivity index (χ0n) is 17.3. The average Bonchev–Trinajstić information content (AvgIpc) is 2.84. The molecule has 1 fully saturated rings. The molecule has 0 spiro atoms. The fraction of sp³-hybridized carbons (Fsp3) is 0.348. The molecule has 0 radical (unpaired) electrons. The van der Waals surface area contributed by atoms with Crippen LogP contribution in [0.4, 0.5) is 0 Å². The lowest BCUT2D eigenvalue weighted by Gasteiger charge is -2.39. The van der Waals surface area contributed by atoms with Crippen LogP contribution < -0.4 is 19.6 Å². The summed E-state index contributed by atoms with van der Waals surface area (Å²) in [6.45, 7) is 0.331. The molecule has 0 bridgehead atoms. The van der Waals surface area contributed by atoms with E-state index in [1.807, 2.05) is 0 Å². The predicted molar refractivity (Wildman–Crippen MR) is 113 cm³/mol. The molecule has 0 amide bonds. The van der Waals surface area contributed by atoms with Crippen molar-refractivity contribution in [1.29, 1.82) is 0 Å². The Bertz CT molecular complexity index is 1220. The van der Waals surface area contributed by atoms with Gasteiger partial charge in [0.1, 0.15) is 55.2 Å². The number of rotatable bonds is 4. The van der Waals surface area contributed by atoms with Gasteiger partial charge < -0.3 is 43.8 Å². The first kappa shape index (κ1) is 21.7. The normalized spacial score (nSPS) is 26.8. The summed E-state index contributed by atoms with van der Waals surface area (Å²) in [6, 6.07) is 9.68. The molecule has 10 nitrogen and oxygen atoms in total. The minimum absolute atomic E-state index is 0.196. The standard InChI is InChI=1S/C23H22O10/c24-9-18-20(26)21(27)22(28)23(33-18)32-12-2-3-13-16(8-12)31-10-14(19(13)25)11-1-4-15-17(7-11)30-6-5-29-15/h1-4,7-8,10,18,20-24,26-28H,5-6,9H2/t18-,20+,21-,22-,23-/m0/s1. The van der Waals surface area contributed by atoms with Crippen molar-refractivity contribution in [3.63, 3.8) is 0 Å². The van der Waals surface area contributed by atoms with Crippen LogP contribution >= 0.6 is 0 Å². The van der Waals surface area contributed by atoms with Crippen LogP contribution in [0.25, 0.3) is 22.1 Å². The van der Waals surface area contributed by atoms with E-state index >= 15 is 0 Å². The minimum atomic E-state index is -1.56.